The van der Waals surface area contributed by atoms with Gasteiger partial charge in [0.1, 0.15) is 10.6 Å². The van der Waals surface area contributed by atoms with Crippen molar-refractivity contribution >= 4 is 10.0 Å². The van der Waals surface area contributed by atoms with Gasteiger partial charge in [-0.1, -0.05) is 59.4 Å². The smallest absolute Gasteiger partial charge is 0.244 e. The normalized spacial score (nSPS) is 12.4. The first kappa shape index (κ1) is 21.0. The Balaban J connectivity index is 3.15. The number of hydrogen-bond donors (Lipinski definition) is 1. The summed E-state index contributed by atoms with van der Waals surface area (Å²) >= 11 is 0. The van der Waals surface area contributed by atoms with Gasteiger partial charge in [-0.25, -0.2) is 13.1 Å². The molecule has 1 aromatic rings. The Hall–Kier alpha value is -1.07. The SMILES string of the molecule is CCCCCC(C)(C)c1ccc(OCCCC)c(S(=O)(=O)NC)c1. The molecule has 0 aliphatic carbocycles. The van der Waals surface area contributed by atoms with E-state index in [0.717, 1.165) is 31.2 Å². The van der Waals surface area contributed by atoms with E-state index in [1.54, 1.807) is 12.1 Å². The van der Waals surface area contributed by atoms with Crippen LogP contribution in [0.25, 0.3) is 0 Å². The van der Waals surface area contributed by atoms with E-state index in [-0.39, 0.29) is 10.3 Å². The van der Waals surface area contributed by atoms with Crippen molar-refractivity contribution < 1.29 is 13.2 Å². The molecule has 138 valence electrons. The van der Waals surface area contributed by atoms with Crippen LogP contribution in [0.2, 0.25) is 0 Å². The van der Waals surface area contributed by atoms with Gasteiger partial charge in [0.15, 0.2) is 0 Å². The zero-order valence-corrected chi connectivity index (χ0v) is 16.6. The summed E-state index contributed by atoms with van der Waals surface area (Å²) in [6.45, 7) is 9.14. The minimum absolute atomic E-state index is 0.0604. The van der Waals surface area contributed by atoms with Crippen molar-refractivity contribution in [3.63, 3.8) is 0 Å². The summed E-state index contributed by atoms with van der Waals surface area (Å²) in [5.74, 6) is 0.436. The molecule has 0 aliphatic rings. The van der Waals surface area contributed by atoms with E-state index in [1.165, 1.54) is 19.9 Å². The highest BCUT2D eigenvalue weighted by Gasteiger charge is 2.25. The highest BCUT2D eigenvalue weighted by Crippen LogP contribution is 2.34. The quantitative estimate of drug-likeness (QED) is 0.589. The van der Waals surface area contributed by atoms with E-state index in [0.29, 0.717) is 12.4 Å². The lowest BCUT2D eigenvalue weighted by molar-refractivity contribution is 0.301. The minimum Gasteiger partial charge on any atom is -0.492 e. The summed E-state index contributed by atoms with van der Waals surface area (Å²) in [7, 11) is -2.11. The fourth-order valence-electron chi connectivity index (χ4n) is 2.66. The van der Waals surface area contributed by atoms with Crippen LogP contribution in [-0.4, -0.2) is 22.1 Å². The largest absolute Gasteiger partial charge is 0.492 e. The fraction of sp³-hybridized carbons (Fsp3) is 0.684. The van der Waals surface area contributed by atoms with Crippen molar-refractivity contribution in [2.24, 2.45) is 0 Å². The van der Waals surface area contributed by atoms with Gasteiger partial charge in [-0.2, -0.15) is 0 Å². The van der Waals surface area contributed by atoms with Gasteiger partial charge in [-0.3, -0.25) is 0 Å². The third-order valence-corrected chi connectivity index (χ3v) is 5.88. The molecule has 0 radical (unpaired) electrons. The van der Waals surface area contributed by atoms with Crippen molar-refractivity contribution in [3.8, 4) is 5.75 Å². The minimum atomic E-state index is -3.55. The van der Waals surface area contributed by atoms with Crippen LogP contribution in [0.1, 0.15) is 71.8 Å². The lowest BCUT2D eigenvalue weighted by Crippen LogP contribution is -2.22. The van der Waals surface area contributed by atoms with E-state index >= 15 is 0 Å². The van der Waals surface area contributed by atoms with Crippen molar-refractivity contribution in [1.82, 2.24) is 4.72 Å². The first-order chi connectivity index (χ1) is 11.3. The van der Waals surface area contributed by atoms with E-state index in [9.17, 15) is 8.42 Å². The summed E-state index contributed by atoms with van der Waals surface area (Å²) < 4.78 is 32.9. The Morgan fingerprint density at radius 2 is 1.75 bits per heavy atom. The first-order valence-corrected chi connectivity index (χ1v) is 10.5. The van der Waals surface area contributed by atoms with E-state index in [1.807, 2.05) is 6.07 Å². The maximum absolute atomic E-state index is 12.4. The molecule has 5 heteroatoms. The number of sulfonamides is 1. The number of nitrogens with one attached hydrogen (secondary N) is 1. The second kappa shape index (κ2) is 9.42. The average molecular weight is 356 g/mol. The average Bonchev–Trinajstić information content (AvgIpc) is 2.55. The molecule has 0 aromatic heterocycles. The molecular formula is C19H33NO3S. The van der Waals surface area contributed by atoms with Crippen molar-refractivity contribution in [2.45, 2.75) is 76.5 Å². The van der Waals surface area contributed by atoms with Crippen LogP contribution in [-0.2, 0) is 15.4 Å². The molecule has 4 nitrogen and oxygen atoms in total. The predicted octanol–water partition coefficient (Wildman–Crippen LogP) is 4.63. The third kappa shape index (κ3) is 5.78. The van der Waals surface area contributed by atoms with Crippen LogP contribution < -0.4 is 9.46 Å². The standard InChI is InChI=1S/C19H33NO3S/c1-6-8-10-13-19(3,4)16-11-12-17(23-14-9-7-2)18(15-16)24(21,22)20-5/h11-12,15,20H,6-10,13-14H2,1-5H3. The highest BCUT2D eigenvalue weighted by molar-refractivity contribution is 7.89. The summed E-state index contributed by atoms with van der Waals surface area (Å²) in [5, 5.41) is 0. The number of benzene rings is 1. The molecule has 1 N–H and O–H groups in total. The van der Waals surface area contributed by atoms with E-state index in [4.69, 9.17) is 4.74 Å². The van der Waals surface area contributed by atoms with Crippen LogP contribution in [0.5, 0.6) is 5.75 Å². The van der Waals surface area contributed by atoms with E-state index in [2.05, 4.69) is 32.4 Å². The second-order valence-electron chi connectivity index (χ2n) is 6.91. The van der Waals surface area contributed by atoms with Crippen molar-refractivity contribution in [1.29, 1.82) is 0 Å². The molecule has 1 rings (SSSR count). The van der Waals surface area contributed by atoms with Gasteiger partial charge in [0.2, 0.25) is 10.0 Å². The molecule has 0 atom stereocenters. The monoisotopic (exact) mass is 355 g/mol. The third-order valence-electron chi connectivity index (χ3n) is 4.44. The zero-order chi connectivity index (χ0) is 18.2. The summed E-state index contributed by atoms with van der Waals surface area (Å²) in [6.07, 6.45) is 6.48. The summed E-state index contributed by atoms with van der Waals surface area (Å²) in [5.41, 5.74) is 0.977. The molecule has 0 heterocycles. The van der Waals surface area contributed by atoms with Gasteiger partial charge < -0.3 is 4.74 Å². The van der Waals surface area contributed by atoms with Crippen molar-refractivity contribution in [2.75, 3.05) is 13.7 Å². The molecule has 0 bridgehead atoms. The second-order valence-corrected chi connectivity index (χ2v) is 8.77. The Morgan fingerprint density at radius 3 is 2.33 bits per heavy atom. The fourth-order valence-corrected chi connectivity index (χ4v) is 3.55. The Labute approximate surface area is 148 Å². The molecule has 1 aromatic carbocycles. The molecule has 0 fully saturated rings. The molecule has 0 saturated heterocycles. The first-order valence-electron chi connectivity index (χ1n) is 8.99. The maximum Gasteiger partial charge on any atom is 0.244 e. The zero-order valence-electron chi connectivity index (χ0n) is 15.8. The van der Waals surface area contributed by atoms with Crippen molar-refractivity contribution in [3.05, 3.63) is 23.8 Å². The molecule has 0 amide bonds. The molecule has 0 unspecified atom stereocenters. The van der Waals surface area contributed by atoms with Crippen LogP contribution in [0.4, 0.5) is 0 Å². The molecular weight excluding hydrogens is 322 g/mol. The molecule has 24 heavy (non-hydrogen) atoms. The van der Waals surface area contributed by atoms with E-state index < -0.39 is 10.0 Å². The summed E-state index contributed by atoms with van der Waals surface area (Å²) in [6, 6.07) is 5.58. The van der Waals surface area contributed by atoms with Crippen LogP contribution in [0, 0.1) is 0 Å². The maximum atomic E-state index is 12.4. The Bertz CT molecular complexity index is 609. The van der Waals surface area contributed by atoms with Gasteiger partial charge in [-0.15, -0.1) is 0 Å². The van der Waals surface area contributed by atoms with Gasteiger partial charge in [0, 0.05) is 0 Å². The van der Waals surface area contributed by atoms with Crippen LogP contribution in [0.3, 0.4) is 0 Å². The number of unbranched alkanes of at least 4 members (excludes halogenated alkanes) is 3. The van der Waals surface area contributed by atoms with Crippen LogP contribution >= 0.6 is 0 Å². The van der Waals surface area contributed by atoms with Gasteiger partial charge in [0.05, 0.1) is 6.61 Å². The van der Waals surface area contributed by atoms with Gasteiger partial charge in [0.25, 0.3) is 0 Å². The highest BCUT2D eigenvalue weighted by atomic mass is 32.2. The van der Waals surface area contributed by atoms with Gasteiger partial charge >= 0.3 is 0 Å². The lowest BCUT2D eigenvalue weighted by atomic mass is 9.80. The Kier molecular flexibility index (Phi) is 8.23. The topological polar surface area (TPSA) is 55.4 Å². The van der Waals surface area contributed by atoms with Crippen LogP contribution in [0.15, 0.2) is 23.1 Å². The lowest BCUT2D eigenvalue weighted by Gasteiger charge is -2.26. The Morgan fingerprint density at radius 1 is 1.08 bits per heavy atom. The predicted molar refractivity (Wildman–Crippen MR) is 100 cm³/mol. The van der Waals surface area contributed by atoms with Gasteiger partial charge in [-0.05, 0) is 43.0 Å². The summed E-state index contributed by atoms with van der Waals surface area (Å²) in [4.78, 5) is 0.238. The number of rotatable bonds is 11. The number of hydrogen-bond acceptors (Lipinski definition) is 3. The molecule has 0 saturated carbocycles. The number of ether oxygens (including phenoxy) is 1. The molecule has 0 aliphatic heterocycles. The molecule has 0 spiro atoms.